The summed E-state index contributed by atoms with van der Waals surface area (Å²) in [6.07, 6.45) is 1.81. The molecule has 1 aliphatic heterocycles. The lowest BCUT2D eigenvalue weighted by Crippen LogP contribution is -2.19. The lowest BCUT2D eigenvalue weighted by Gasteiger charge is -2.06. The maximum atomic E-state index is 13.0. The van der Waals surface area contributed by atoms with Gasteiger partial charge in [0.25, 0.3) is 5.91 Å². The van der Waals surface area contributed by atoms with Gasteiger partial charge in [0.2, 0.25) is 0 Å². The predicted octanol–water partition coefficient (Wildman–Crippen LogP) is 6.26. The van der Waals surface area contributed by atoms with Gasteiger partial charge in [-0.2, -0.15) is 0 Å². The van der Waals surface area contributed by atoms with Crippen molar-refractivity contribution in [2.45, 2.75) is 13.5 Å². The second-order valence-corrected chi connectivity index (χ2v) is 8.36. The second kappa shape index (κ2) is 9.37. The molecular weight excluding hydrogens is 435 g/mol. The highest BCUT2D eigenvalue weighted by molar-refractivity contribution is 8.18. The zero-order valence-corrected chi connectivity index (χ0v) is 18.1. The average Bonchev–Trinajstić information content (AvgIpc) is 3.09. The van der Waals surface area contributed by atoms with Gasteiger partial charge in [0.1, 0.15) is 18.2 Å². The fourth-order valence-corrected chi connectivity index (χ4v) is 3.95. The van der Waals surface area contributed by atoms with Gasteiger partial charge in [-0.15, -0.1) is 0 Å². The number of benzene rings is 3. The Balaban J connectivity index is 1.41. The van der Waals surface area contributed by atoms with Crippen LogP contribution in [-0.2, 0) is 11.4 Å². The summed E-state index contributed by atoms with van der Waals surface area (Å²) >= 11 is 7.27. The second-order valence-electron chi connectivity index (χ2n) is 6.90. The Hall–Kier alpha value is -3.09. The molecule has 1 aliphatic rings. The van der Waals surface area contributed by atoms with Crippen LogP contribution in [0.4, 0.5) is 10.1 Å². The smallest absolute Gasteiger partial charge is 0.264 e. The van der Waals surface area contributed by atoms with Crippen LogP contribution < -0.4 is 10.1 Å². The van der Waals surface area contributed by atoms with E-state index in [1.807, 2.05) is 43.3 Å². The molecule has 0 unspecified atom stereocenters. The first-order valence-electron chi connectivity index (χ1n) is 9.49. The van der Waals surface area contributed by atoms with E-state index in [1.54, 1.807) is 24.3 Å². The van der Waals surface area contributed by atoms with Crippen LogP contribution in [0.5, 0.6) is 5.75 Å². The van der Waals surface area contributed by atoms with Crippen molar-refractivity contribution in [3.05, 3.63) is 99.2 Å². The van der Waals surface area contributed by atoms with E-state index in [4.69, 9.17) is 16.3 Å². The zero-order chi connectivity index (χ0) is 21.8. The van der Waals surface area contributed by atoms with Gasteiger partial charge in [-0.3, -0.25) is 4.79 Å². The number of carbonyl (C=O) groups is 1. The number of nitrogens with one attached hydrogen (secondary N) is 1. The van der Waals surface area contributed by atoms with Gasteiger partial charge >= 0.3 is 0 Å². The van der Waals surface area contributed by atoms with Gasteiger partial charge < -0.3 is 10.1 Å². The topological polar surface area (TPSA) is 50.7 Å². The van der Waals surface area contributed by atoms with Gasteiger partial charge in [-0.05, 0) is 83.9 Å². The first-order chi connectivity index (χ1) is 15.0. The number of thioether (sulfide) groups is 1. The third-order valence-corrected chi connectivity index (χ3v) is 5.67. The molecule has 0 atom stereocenters. The zero-order valence-electron chi connectivity index (χ0n) is 16.6. The Bertz CT molecular complexity index is 1180. The average molecular weight is 453 g/mol. The van der Waals surface area contributed by atoms with E-state index in [9.17, 15) is 9.18 Å². The van der Waals surface area contributed by atoms with E-state index in [1.165, 1.54) is 23.9 Å². The maximum absolute atomic E-state index is 13.0. The van der Waals surface area contributed by atoms with Crippen molar-refractivity contribution in [2.24, 2.45) is 4.99 Å². The number of nitrogens with zero attached hydrogens (tertiary/aromatic N) is 1. The molecule has 3 aromatic rings. The van der Waals surface area contributed by atoms with Gasteiger partial charge in [0, 0.05) is 5.02 Å². The quantitative estimate of drug-likeness (QED) is 0.465. The van der Waals surface area contributed by atoms with Crippen LogP contribution in [0, 0.1) is 12.7 Å². The third-order valence-electron chi connectivity index (χ3n) is 4.53. The van der Waals surface area contributed by atoms with E-state index in [0.29, 0.717) is 27.5 Å². The number of aryl methyl sites for hydroxylation is 1. The molecule has 4 rings (SSSR count). The Morgan fingerprint density at radius 2 is 1.84 bits per heavy atom. The van der Waals surface area contributed by atoms with Crippen molar-refractivity contribution >= 4 is 46.2 Å². The summed E-state index contributed by atoms with van der Waals surface area (Å²) < 4.78 is 18.7. The fraction of sp³-hybridized carbons (Fsp3) is 0.0833. The summed E-state index contributed by atoms with van der Waals surface area (Å²) in [5, 5.41) is 3.97. The molecule has 0 spiro atoms. The van der Waals surface area contributed by atoms with Crippen LogP contribution in [-0.4, -0.2) is 11.1 Å². The van der Waals surface area contributed by atoms with Crippen LogP contribution in [0.15, 0.2) is 76.6 Å². The summed E-state index contributed by atoms with van der Waals surface area (Å²) in [7, 11) is 0. The highest BCUT2D eigenvalue weighted by atomic mass is 35.5. The molecule has 1 heterocycles. The number of amides is 1. The predicted molar refractivity (Wildman–Crippen MR) is 124 cm³/mol. The Labute approximate surface area is 188 Å². The van der Waals surface area contributed by atoms with Crippen molar-refractivity contribution < 1.29 is 13.9 Å². The normalized spacial score (nSPS) is 16.0. The molecule has 3 aromatic carbocycles. The number of rotatable bonds is 5. The highest BCUT2D eigenvalue weighted by Crippen LogP contribution is 2.30. The number of carbonyl (C=O) groups excluding carboxylic acids is 1. The summed E-state index contributed by atoms with van der Waals surface area (Å²) in [4.78, 5) is 17.4. The van der Waals surface area contributed by atoms with Gasteiger partial charge in [-0.25, -0.2) is 9.38 Å². The van der Waals surface area contributed by atoms with Crippen LogP contribution >= 0.6 is 23.4 Å². The minimum absolute atomic E-state index is 0.188. The van der Waals surface area contributed by atoms with Crippen molar-refractivity contribution in [3.8, 4) is 5.75 Å². The van der Waals surface area contributed by atoms with Crippen LogP contribution in [0.25, 0.3) is 6.08 Å². The number of hydrogen-bond donors (Lipinski definition) is 1. The lowest BCUT2D eigenvalue weighted by atomic mass is 10.2. The SMILES string of the molecule is Cc1cc(Cl)ccc1N=C1NC(=O)/C(=C/c2ccc(OCc3ccc(F)cc3)cc2)S1. The van der Waals surface area contributed by atoms with Crippen molar-refractivity contribution in [2.75, 3.05) is 0 Å². The lowest BCUT2D eigenvalue weighted by molar-refractivity contribution is -0.115. The number of halogens is 2. The molecule has 1 saturated heterocycles. The molecular formula is C24H18ClFN2O2S. The summed E-state index contributed by atoms with van der Waals surface area (Å²) in [5.74, 6) is 0.230. The molecule has 1 amide bonds. The number of ether oxygens (including phenoxy) is 1. The Morgan fingerprint density at radius 3 is 2.55 bits per heavy atom. The molecule has 0 radical (unpaired) electrons. The monoisotopic (exact) mass is 452 g/mol. The molecule has 0 saturated carbocycles. The Morgan fingerprint density at radius 1 is 1.10 bits per heavy atom. The minimum Gasteiger partial charge on any atom is -0.489 e. The molecule has 156 valence electrons. The standard InChI is InChI=1S/C24H18ClFN2O2S/c1-15-12-18(25)6-11-21(15)27-24-28-23(29)22(31-24)13-16-4-9-20(10-5-16)30-14-17-2-7-19(26)8-3-17/h2-13H,14H2,1H3,(H,27,28,29)/b22-13-. The van der Waals surface area contributed by atoms with E-state index in [2.05, 4.69) is 10.3 Å². The van der Waals surface area contributed by atoms with E-state index in [-0.39, 0.29) is 11.7 Å². The number of aliphatic imine (C=N–C) groups is 1. The highest BCUT2D eigenvalue weighted by Gasteiger charge is 2.24. The molecule has 1 N–H and O–H groups in total. The fourth-order valence-electron chi connectivity index (χ4n) is 2.89. The van der Waals surface area contributed by atoms with Gasteiger partial charge in [0.05, 0.1) is 10.6 Å². The number of hydrogen-bond acceptors (Lipinski definition) is 4. The molecule has 31 heavy (non-hydrogen) atoms. The Kier molecular flexibility index (Phi) is 6.39. The largest absolute Gasteiger partial charge is 0.489 e. The first-order valence-corrected chi connectivity index (χ1v) is 10.7. The summed E-state index contributed by atoms with van der Waals surface area (Å²) in [6.45, 7) is 2.27. The third kappa shape index (κ3) is 5.54. The van der Waals surface area contributed by atoms with E-state index < -0.39 is 0 Å². The van der Waals surface area contributed by atoms with Gasteiger partial charge in [-0.1, -0.05) is 35.9 Å². The summed E-state index contributed by atoms with van der Waals surface area (Å²) in [6, 6.07) is 19.0. The molecule has 7 heteroatoms. The number of amidine groups is 1. The van der Waals surface area contributed by atoms with Crippen molar-refractivity contribution in [3.63, 3.8) is 0 Å². The molecule has 1 fully saturated rings. The van der Waals surface area contributed by atoms with Gasteiger partial charge in [0.15, 0.2) is 5.17 Å². The van der Waals surface area contributed by atoms with Crippen molar-refractivity contribution in [1.29, 1.82) is 0 Å². The van der Waals surface area contributed by atoms with Crippen LogP contribution in [0.1, 0.15) is 16.7 Å². The first kappa shape index (κ1) is 21.2. The maximum Gasteiger partial charge on any atom is 0.264 e. The summed E-state index contributed by atoms with van der Waals surface area (Å²) in [5.41, 5.74) is 3.45. The van der Waals surface area contributed by atoms with E-state index >= 15 is 0 Å². The molecule has 0 aliphatic carbocycles. The molecule has 4 nitrogen and oxygen atoms in total. The van der Waals surface area contributed by atoms with Crippen molar-refractivity contribution in [1.82, 2.24) is 5.32 Å². The van der Waals surface area contributed by atoms with Crippen LogP contribution in [0.2, 0.25) is 5.02 Å². The minimum atomic E-state index is -0.272. The molecule has 0 aromatic heterocycles. The van der Waals surface area contributed by atoms with E-state index in [0.717, 1.165) is 22.4 Å². The van der Waals surface area contributed by atoms with Crippen LogP contribution in [0.3, 0.4) is 0 Å². The molecule has 0 bridgehead atoms.